The maximum Gasteiger partial charge on any atom is 0.174 e. The Hall–Kier alpha value is -2.53. The van der Waals surface area contributed by atoms with Gasteiger partial charge in [-0.25, -0.2) is 0 Å². The minimum atomic E-state index is -0.412. The average Bonchev–Trinajstić information content (AvgIpc) is 2.64. The fourth-order valence-electron chi connectivity index (χ4n) is 3.43. The maximum absolute atomic E-state index is 12.7. The van der Waals surface area contributed by atoms with Gasteiger partial charge in [-0.1, -0.05) is 44.2 Å². The Morgan fingerprint density at radius 3 is 2.46 bits per heavy atom. The summed E-state index contributed by atoms with van der Waals surface area (Å²) in [6.07, 6.45) is 0.306. The van der Waals surface area contributed by atoms with E-state index < -0.39 is 6.10 Å². The molecule has 0 saturated carbocycles. The standard InChI is InChI=1S/C21H25NO4/c1-3-22(4-2)11-10-15-16(23)12-17(24)20-18(25)13-19(26-21(15)20)14-8-6-5-7-9-14/h5-9,12,19,23-24H,3-4,10-11,13H2,1-2H3/t19-/m0/s1. The normalized spacial score (nSPS) is 16.4. The lowest BCUT2D eigenvalue weighted by molar-refractivity contribution is 0.0841. The van der Waals surface area contributed by atoms with Crippen LogP contribution in [0.15, 0.2) is 36.4 Å². The van der Waals surface area contributed by atoms with E-state index in [1.807, 2.05) is 30.3 Å². The van der Waals surface area contributed by atoms with Crippen molar-refractivity contribution in [3.8, 4) is 17.2 Å². The summed E-state index contributed by atoms with van der Waals surface area (Å²) < 4.78 is 6.12. The molecule has 0 aliphatic carbocycles. The molecule has 0 fully saturated rings. The molecule has 0 unspecified atom stereocenters. The largest absolute Gasteiger partial charge is 0.507 e. The first-order chi connectivity index (χ1) is 12.5. The summed E-state index contributed by atoms with van der Waals surface area (Å²) in [7, 11) is 0. The lowest BCUT2D eigenvalue weighted by atomic mass is 9.92. The summed E-state index contributed by atoms with van der Waals surface area (Å²) in [4.78, 5) is 14.9. The number of ketones is 1. The number of carbonyl (C=O) groups is 1. The van der Waals surface area contributed by atoms with E-state index in [1.54, 1.807) is 0 Å². The summed E-state index contributed by atoms with van der Waals surface area (Å²) in [5.41, 5.74) is 1.67. The second-order valence-corrected chi connectivity index (χ2v) is 6.52. The first kappa shape index (κ1) is 18.3. The van der Waals surface area contributed by atoms with Gasteiger partial charge in [0.2, 0.25) is 0 Å². The van der Waals surface area contributed by atoms with Crippen molar-refractivity contribution in [1.82, 2.24) is 4.90 Å². The molecule has 0 spiro atoms. The zero-order valence-corrected chi connectivity index (χ0v) is 15.2. The van der Waals surface area contributed by atoms with Gasteiger partial charge in [-0.2, -0.15) is 0 Å². The fraction of sp³-hybridized carbons (Fsp3) is 0.381. The van der Waals surface area contributed by atoms with Crippen molar-refractivity contribution in [2.75, 3.05) is 19.6 Å². The highest BCUT2D eigenvalue weighted by Gasteiger charge is 2.33. The molecule has 5 nitrogen and oxygen atoms in total. The first-order valence-corrected chi connectivity index (χ1v) is 9.10. The van der Waals surface area contributed by atoms with Gasteiger partial charge in [-0.05, 0) is 25.1 Å². The molecule has 0 amide bonds. The van der Waals surface area contributed by atoms with Crippen LogP contribution in [0.1, 0.15) is 47.9 Å². The highest BCUT2D eigenvalue weighted by Crippen LogP contribution is 2.45. The third-order valence-electron chi connectivity index (χ3n) is 4.99. The predicted molar refractivity (Wildman–Crippen MR) is 100 cm³/mol. The van der Waals surface area contributed by atoms with Crippen LogP contribution in [0.25, 0.3) is 0 Å². The van der Waals surface area contributed by atoms with E-state index >= 15 is 0 Å². The molecule has 0 aromatic heterocycles. The van der Waals surface area contributed by atoms with E-state index in [0.29, 0.717) is 17.7 Å². The number of hydrogen-bond donors (Lipinski definition) is 2. The monoisotopic (exact) mass is 355 g/mol. The quantitative estimate of drug-likeness (QED) is 0.827. The van der Waals surface area contributed by atoms with Crippen LogP contribution in [-0.4, -0.2) is 40.5 Å². The molecule has 1 aliphatic rings. The Morgan fingerprint density at radius 1 is 1.12 bits per heavy atom. The van der Waals surface area contributed by atoms with Crippen LogP contribution in [0.5, 0.6) is 17.2 Å². The van der Waals surface area contributed by atoms with E-state index in [0.717, 1.165) is 25.2 Å². The zero-order chi connectivity index (χ0) is 18.7. The lowest BCUT2D eigenvalue weighted by Crippen LogP contribution is -2.26. The average molecular weight is 355 g/mol. The van der Waals surface area contributed by atoms with E-state index in [4.69, 9.17) is 4.74 Å². The predicted octanol–water partition coefficient (Wildman–Crippen LogP) is 3.69. The molecular formula is C21H25NO4. The van der Waals surface area contributed by atoms with Gasteiger partial charge in [-0.15, -0.1) is 0 Å². The van der Waals surface area contributed by atoms with Crippen LogP contribution in [-0.2, 0) is 6.42 Å². The van der Waals surface area contributed by atoms with Crippen LogP contribution in [0.4, 0.5) is 0 Å². The number of Topliss-reactive ketones (excluding diaryl/α,β-unsaturated/α-hetero) is 1. The van der Waals surface area contributed by atoms with Gasteiger partial charge in [0.15, 0.2) is 5.78 Å². The Morgan fingerprint density at radius 2 is 1.81 bits per heavy atom. The molecule has 0 saturated heterocycles. The second-order valence-electron chi connectivity index (χ2n) is 6.52. The van der Waals surface area contributed by atoms with Crippen molar-refractivity contribution < 1.29 is 19.7 Å². The van der Waals surface area contributed by atoms with Crippen LogP contribution in [0, 0.1) is 0 Å². The number of likely N-dealkylation sites (N-methyl/N-ethyl adjacent to an activating group) is 1. The third-order valence-corrected chi connectivity index (χ3v) is 4.99. The summed E-state index contributed by atoms with van der Waals surface area (Å²) in [5.74, 6) is -0.100. The minimum Gasteiger partial charge on any atom is -0.507 e. The topological polar surface area (TPSA) is 70.0 Å². The number of carbonyl (C=O) groups excluding carboxylic acids is 1. The van der Waals surface area contributed by atoms with Crippen molar-refractivity contribution in [2.45, 2.75) is 32.8 Å². The Labute approximate surface area is 153 Å². The Kier molecular flexibility index (Phi) is 5.47. The number of ether oxygens (including phenoxy) is 1. The number of phenolic OH excluding ortho intramolecular Hbond substituents is 2. The highest BCUT2D eigenvalue weighted by atomic mass is 16.5. The van der Waals surface area contributed by atoms with Gasteiger partial charge in [0.1, 0.15) is 28.9 Å². The maximum atomic E-state index is 12.7. The first-order valence-electron chi connectivity index (χ1n) is 9.10. The van der Waals surface area contributed by atoms with Gasteiger partial charge in [0, 0.05) is 18.2 Å². The summed E-state index contributed by atoms with van der Waals surface area (Å²) in [6, 6.07) is 10.8. The number of fused-ring (bicyclic) bond motifs is 1. The van der Waals surface area contributed by atoms with Gasteiger partial charge >= 0.3 is 0 Å². The third kappa shape index (κ3) is 3.53. The number of aromatic hydroxyl groups is 2. The molecule has 26 heavy (non-hydrogen) atoms. The summed E-state index contributed by atoms with van der Waals surface area (Å²) in [5, 5.41) is 20.6. The molecular weight excluding hydrogens is 330 g/mol. The van der Waals surface area contributed by atoms with E-state index in [1.165, 1.54) is 6.07 Å². The molecule has 1 atom stereocenters. The van der Waals surface area contributed by atoms with Gasteiger partial charge in [-0.3, -0.25) is 4.79 Å². The number of nitrogens with zero attached hydrogens (tertiary/aromatic N) is 1. The number of rotatable bonds is 6. The molecule has 1 heterocycles. The fourth-order valence-corrected chi connectivity index (χ4v) is 3.43. The van der Waals surface area contributed by atoms with Crippen molar-refractivity contribution >= 4 is 5.78 Å². The van der Waals surface area contributed by atoms with E-state index in [9.17, 15) is 15.0 Å². The van der Waals surface area contributed by atoms with Gasteiger partial charge in [0.05, 0.1) is 6.42 Å². The highest BCUT2D eigenvalue weighted by molar-refractivity contribution is 6.03. The van der Waals surface area contributed by atoms with Crippen molar-refractivity contribution in [3.05, 3.63) is 53.1 Å². The van der Waals surface area contributed by atoms with E-state index in [2.05, 4.69) is 18.7 Å². The SMILES string of the molecule is CCN(CC)CCc1c(O)cc(O)c2c1O[C@H](c1ccccc1)CC2=O. The van der Waals surface area contributed by atoms with E-state index in [-0.39, 0.29) is 29.3 Å². The van der Waals surface area contributed by atoms with Crippen molar-refractivity contribution in [2.24, 2.45) is 0 Å². The van der Waals surface area contributed by atoms with Gasteiger partial charge < -0.3 is 19.8 Å². The molecule has 138 valence electrons. The number of benzene rings is 2. The summed E-state index contributed by atoms with van der Waals surface area (Å²) >= 11 is 0. The van der Waals surface area contributed by atoms with Crippen molar-refractivity contribution in [1.29, 1.82) is 0 Å². The van der Waals surface area contributed by atoms with Crippen LogP contribution >= 0.6 is 0 Å². The van der Waals surface area contributed by atoms with Crippen LogP contribution in [0.3, 0.4) is 0 Å². The lowest BCUT2D eigenvalue weighted by Gasteiger charge is -2.29. The molecule has 0 bridgehead atoms. The molecule has 3 rings (SSSR count). The Balaban J connectivity index is 1.98. The van der Waals surface area contributed by atoms with Crippen LogP contribution < -0.4 is 4.74 Å². The Bertz CT molecular complexity index is 784. The minimum absolute atomic E-state index is 0.0325. The van der Waals surface area contributed by atoms with Gasteiger partial charge in [0.25, 0.3) is 0 Å². The molecule has 1 aliphatic heterocycles. The summed E-state index contributed by atoms with van der Waals surface area (Å²) in [6.45, 7) is 6.72. The smallest absolute Gasteiger partial charge is 0.174 e. The van der Waals surface area contributed by atoms with Crippen molar-refractivity contribution in [3.63, 3.8) is 0 Å². The molecule has 2 N–H and O–H groups in total. The molecule has 2 aromatic carbocycles. The molecule has 0 radical (unpaired) electrons. The van der Waals surface area contributed by atoms with Crippen LogP contribution in [0.2, 0.25) is 0 Å². The molecule has 5 heteroatoms. The zero-order valence-electron chi connectivity index (χ0n) is 15.2. The second kappa shape index (κ2) is 7.79. The number of hydrogen-bond acceptors (Lipinski definition) is 5. The molecule has 2 aromatic rings. The number of phenols is 2.